The number of allylic oxidation sites excluding steroid dienone is 2. The van der Waals surface area contributed by atoms with E-state index in [2.05, 4.69) is 31.9 Å². The van der Waals surface area contributed by atoms with Crippen molar-refractivity contribution in [1.82, 2.24) is 0 Å². The summed E-state index contributed by atoms with van der Waals surface area (Å²) in [7, 11) is 0. The van der Waals surface area contributed by atoms with E-state index in [1.807, 2.05) is 13.0 Å². The van der Waals surface area contributed by atoms with Gasteiger partial charge in [0.25, 0.3) is 0 Å². The standard InChI is InChI=1S/C9H14S/c1-5-6-9(4)10-7-8(2)3/h5,7H,1-4H3. The van der Waals surface area contributed by atoms with Crippen LogP contribution < -0.4 is 0 Å². The minimum Gasteiger partial charge on any atom is -0.115 e. The number of hydrogen-bond acceptors (Lipinski definition) is 1. The molecule has 56 valence electrons. The summed E-state index contributed by atoms with van der Waals surface area (Å²) in [6, 6.07) is 0. The molecular formula is C9H14S. The molecule has 0 saturated carbocycles. The fraction of sp³-hybridized carbons (Fsp3) is 0.444. The molecule has 0 aromatic heterocycles. The Morgan fingerprint density at radius 1 is 1.30 bits per heavy atom. The van der Waals surface area contributed by atoms with Crippen LogP contribution >= 0.6 is 11.8 Å². The van der Waals surface area contributed by atoms with Crippen LogP contribution in [0.25, 0.3) is 0 Å². The summed E-state index contributed by atoms with van der Waals surface area (Å²) in [4.78, 5) is 1.21. The summed E-state index contributed by atoms with van der Waals surface area (Å²) in [5.74, 6) is 0. The predicted octanol–water partition coefficient (Wildman–Crippen LogP) is 3.72. The van der Waals surface area contributed by atoms with Crippen molar-refractivity contribution in [2.45, 2.75) is 27.7 Å². The molecule has 0 saturated heterocycles. The minimum atomic E-state index is 1.21. The van der Waals surface area contributed by atoms with E-state index >= 15 is 0 Å². The minimum absolute atomic E-state index is 1.21. The van der Waals surface area contributed by atoms with Gasteiger partial charge >= 0.3 is 0 Å². The summed E-state index contributed by atoms with van der Waals surface area (Å²) in [6.45, 7) is 8.22. The van der Waals surface area contributed by atoms with Crippen LogP contribution in [0.4, 0.5) is 0 Å². The first-order valence-electron chi connectivity index (χ1n) is 3.34. The molecule has 0 amide bonds. The highest BCUT2D eigenvalue weighted by Gasteiger charge is 1.82. The molecule has 0 spiro atoms. The fourth-order valence-electron chi connectivity index (χ4n) is 0.444. The molecule has 0 aliphatic rings. The third kappa shape index (κ3) is 5.74. The van der Waals surface area contributed by atoms with Crippen molar-refractivity contribution in [2.24, 2.45) is 0 Å². The summed E-state index contributed by atoms with van der Waals surface area (Å²) in [5.41, 5.74) is 4.45. The number of hydrogen-bond donors (Lipinski definition) is 0. The van der Waals surface area contributed by atoms with Gasteiger partial charge in [0, 0.05) is 4.91 Å². The zero-order valence-electron chi connectivity index (χ0n) is 7.06. The Labute approximate surface area is 67.7 Å². The van der Waals surface area contributed by atoms with Crippen molar-refractivity contribution >= 4 is 11.8 Å². The second-order valence-electron chi connectivity index (χ2n) is 2.30. The maximum Gasteiger partial charge on any atom is 0.0275 e. The van der Waals surface area contributed by atoms with E-state index in [1.54, 1.807) is 11.8 Å². The summed E-state index contributed by atoms with van der Waals surface area (Å²) in [6.07, 6.45) is 1.93. The van der Waals surface area contributed by atoms with Crippen LogP contribution in [0.15, 0.2) is 27.7 Å². The van der Waals surface area contributed by atoms with Crippen LogP contribution in [0.5, 0.6) is 0 Å². The maximum absolute atomic E-state index is 3.11. The first-order chi connectivity index (χ1) is 4.66. The molecule has 0 atom stereocenters. The Morgan fingerprint density at radius 2 is 1.90 bits per heavy atom. The van der Waals surface area contributed by atoms with Gasteiger partial charge in [-0.1, -0.05) is 17.3 Å². The van der Waals surface area contributed by atoms with Crippen molar-refractivity contribution in [1.29, 1.82) is 0 Å². The van der Waals surface area contributed by atoms with E-state index in [4.69, 9.17) is 0 Å². The Kier molecular flexibility index (Phi) is 5.19. The van der Waals surface area contributed by atoms with Crippen molar-refractivity contribution in [3.63, 3.8) is 0 Å². The summed E-state index contributed by atoms with van der Waals surface area (Å²) >= 11 is 1.72. The highest BCUT2D eigenvalue weighted by atomic mass is 32.2. The Bertz CT molecular complexity index is 177. The molecule has 0 aliphatic carbocycles. The van der Waals surface area contributed by atoms with Crippen LogP contribution in [-0.4, -0.2) is 0 Å². The van der Waals surface area contributed by atoms with Gasteiger partial charge in [-0.2, -0.15) is 0 Å². The smallest absolute Gasteiger partial charge is 0.0275 e. The van der Waals surface area contributed by atoms with Crippen molar-refractivity contribution in [3.8, 4) is 0 Å². The SMILES string of the molecule is CC=C=C(C)SC=C(C)C. The lowest BCUT2D eigenvalue weighted by molar-refractivity contribution is 1.41. The average molecular weight is 154 g/mol. The first kappa shape index (κ1) is 9.61. The monoisotopic (exact) mass is 154 g/mol. The van der Waals surface area contributed by atoms with Crippen molar-refractivity contribution in [3.05, 3.63) is 27.7 Å². The zero-order chi connectivity index (χ0) is 7.98. The highest BCUT2D eigenvalue weighted by Crippen LogP contribution is 2.16. The zero-order valence-corrected chi connectivity index (χ0v) is 7.88. The Morgan fingerprint density at radius 3 is 2.30 bits per heavy atom. The van der Waals surface area contributed by atoms with E-state index in [1.165, 1.54) is 10.5 Å². The van der Waals surface area contributed by atoms with E-state index in [0.29, 0.717) is 0 Å². The number of thioether (sulfide) groups is 1. The van der Waals surface area contributed by atoms with Crippen LogP contribution in [0.1, 0.15) is 27.7 Å². The van der Waals surface area contributed by atoms with Gasteiger partial charge < -0.3 is 0 Å². The normalized spacial score (nSPS) is 8.00. The van der Waals surface area contributed by atoms with Gasteiger partial charge in [0.2, 0.25) is 0 Å². The van der Waals surface area contributed by atoms with E-state index in [-0.39, 0.29) is 0 Å². The molecule has 0 radical (unpaired) electrons. The first-order valence-corrected chi connectivity index (χ1v) is 4.22. The lowest BCUT2D eigenvalue weighted by Crippen LogP contribution is -1.61. The average Bonchev–Trinajstić information content (AvgIpc) is 1.85. The van der Waals surface area contributed by atoms with Gasteiger partial charge in [-0.25, -0.2) is 0 Å². The summed E-state index contributed by atoms with van der Waals surface area (Å²) in [5, 5.41) is 2.13. The molecule has 0 aromatic rings. The Hall–Kier alpha value is -0.390. The fourth-order valence-corrected chi connectivity index (χ4v) is 1.04. The molecule has 0 aliphatic heterocycles. The van der Waals surface area contributed by atoms with Crippen LogP contribution in [0, 0.1) is 0 Å². The molecule has 0 nitrogen and oxygen atoms in total. The lowest BCUT2D eigenvalue weighted by Gasteiger charge is -1.90. The molecule has 1 heteroatoms. The molecule has 0 N–H and O–H groups in total. The molecule has 0 aromatic carbocycles. The molecule has 0 fully saturated rings. The molecular weight excluding hydrogens is 140 g/mol. The van der Waals surface area contributed by atoms with Gasteiger partial charge in [-0.15, -0.1) is 5.73 Å². The predicted molar refractivity (Wildman–Crippen MR) is 50.0 cm³/mol. The Balaban J connectivity index is 3.94. The molecule has 10 heavy (non-hydrogen) atoms. The third-order valence-electron chi connectivity index (χ3n) is 0.819. The van der Waals surface area contributed by atoms with E-state index < -0.39 is 0 Å². The van der Waals surface area contributed by atoms with Gasteiger partial charge in [-0.05, 0) is 39.2 Å². The largest absolute Gasteiger partial charge is 0.115 e. The van der Waals surface area contributed by atoms with Gasteiger partial charge in [0.05, 0.1) is 0 Å². The van der Waals surface area contributed by atoms with E-state index in [0.717, 1.165) is 0 Å². The topological polar surface area (TPSA) is 0 Å². The van der Waals surface area contributed by atoms with Crippen molar-refractivity contribution < 1.29 is 0 Å². The molecule has 0 bridgehead atoms. The lowest BCUT2D eigenvalue weighted by atomic mass is 10.4. The van der Waals surface area contributed by atoms with Crippen LogP contribution in [-0.2, 0) is 0 Å². The van der Waals surface area contributed by atoms with Gasteiger partial charge in [0.1, 0.15) is 0 Å². The quantitative estimate of drug-likeness (QED) is 0.546. The second-order valence-corrected chi connectivity index (χ2v) is 3.39. The molecule has 0 heterocycles. The summed E-state index contributed by atoms with van der Waals surface area (Å²) < 4.78 is 0. The van der Waals surface area contributed by atoms with Crippen molar-refractivity contribution in [2.75, 3.05) is 0 Å². The van der Waals surface area contributed by atoms with Crippen LogP contribution in [0.3, 0.4) is 0 Å². The maximum atomic E-state index is 3.11. The van der Waals surface area contributed by atoms with Crippen LogP contribution in [0.2, 0.25) is 0 Å². The molecule has 0 unspecified atom stereocenters. The van der Waals surface area contributed by atoms with E-state index in [9.17, 15) is 0 Å². The second kappa shape index (κ2) is 5.40. The number of rotatable bonds is 2. The highest BCUT2D eigenvalue weighted by molar-refractivity contribution is 8.05. The molecule has 0 rings (SSSR count). The van der Waals surface area contributed by atoms with Gasteiger partial charge in [0.15, 0.2) is 0 Å². The van der Waals surface area contributed by atoms with Gasteiger partial charge in [-0.3, -0.25) is 0 Å². The third-order valence-corrected chi connectivity index (χ3v) is 1.88.